The highest BCUT2D eigenvalue weighted by atomic mass is 16.2. The van der Waals surface area contributed by atoms with Crippen LogP contribution in [0.4, 0.5) is 0 Å². The number of nitrogens with one attached hydrogen (secondary N) is 1. The number of carbonyl (C=O) groups is 1. The third-order valence-corrected chi connectivity index (χ3v) is 1.87. The van der Waals surface area contributed by atoms with Gasteiger partial charge in [-0.15, -0.1) is 0 Å². The van der Waals surface area contributed by atoms with Gasteiger partial charge in [0.15, 0.2) is 0 Å². The second kappa shape index (κ2) is 1.77. The van der Waals surface area contributed by atoms with E-state index in [1.807, 2.05) is 6.92 Å². The van der Waals surface area contributed by atoms with Crippen LogP contribution in [0.2, 0.25) is 0 Å². The molecule has 1 saturated heterocycles. The lowest BCUT2D eigenvalue weighted by molar-refractivity contribution is -0.122. The van der Waals surface area contributed by atoms with Crippen LogP contribution in [0.15, 0.2) is 0 Å². The first-order valence-electron chi connectivity index (χ1n) is 2.99. The molecule has 0 aromatic heterocycles. The van der Waals surface area contributed by atoms with E-state index in [0.29, 0.717) is 5.92 Å². The number of rotatable bonds is 0. The average Bonchev–Trinajstić information content (AvgIpc) is 1.98. The Balaban J connectivity index is 2.56. The summed E-state index contributed by atoms with van der Waals surface area (Å²) in [6, 6.07) is 0. The molecule has 2 heteroatoms. The van der Waals surface area contributed by atoms with Crippen molar-refractivity contribution < 1.29 is 4.79 Å². The average molecular weight is 113 g/mol. The summed E-state index contributed by atoms with van der Waals surface area (Å²) in [4.78, 5) is 10.7. The molecule has 0 spiro atoms. The minimum atomic E-state index is 0.206. The van der Waals surface area contributed by atoms with Gasteiger partial charge in [-0.2, -0.15) is 0 Å². The first-order valence-corrected chi connectivity index (χ1v) is 2.99. The molecular weight excluding hydrogens is 102 g/mol. The Kier molecular flexibility index (Phi) is 1.24. The quantitative estimate of drug-likeness (QED) is 0.483. The standard InChI is InChI=1S/C6H11NO/c1-4-3-7-6(8)5(4)2/h4-5H,3H2,1-2H3,(H,7,8). The molecule has 1 rings (SSSR count). The minimum Gasteiger partial charge on any atom is -0.356 e. The predicted molar refractivity (Wildman–Crippen MR) is 31.3 cm³/mol. The van der Waals surface area contributed by atoms with E-state index in [1.54, 1.807) is 0 Å². The molecule has 1 heterocycles. The summed E-state index contributed by atoms with van der Waals surface area (Å²) in [6.45, 7) is 4.91. The van der Waals surface area contributed by atoms with Crippen molar-refractivity contribution in [2.24, 2.45) is 11.8 Å². The molecular formula is C6H11NO. The van der Waals surface area contributed by atoms with Gasteiger partial charge in [0.05, 0.1) is 0 Å². The van der Waals surface area contributed by atoms with Crippen molar-refractivity contribution in [2.45, 2.75) is 13.8 Å². The molecule has 0 radical (unpaired) electrons. The number of amides is 1. The van der Waals surface area contributed by atoms with Crippen LogP contribution in [0.1, 0.15) is 13.8 Å². The van der Waals surface area contributed by atoms with Gasteiger partial charge in [-0.3, -0.25) is 4.79 Å². The molecule has 0 saturated carbocycles. The van der Waals surface area contributed by atoms with Crippen LogP contribution in [0.3, 0.4) is 0 Å². The molecule has 46 valence electrons. The van der Waals surface area contributed by atoms with E-state index in [1.165, 1.54) is 0 Å². The van der Waals surface area contributed by atoms with Crippen LogP contribution in [0, 0.1) is 11.8 Å². The zero-order chi connectivity index (χ0) is 6.15. The smallest absolute Gasteiger partial charge is 0.223 e. The molecule has 0 bridgehead atoms. The van der Waals surface area contributed by atoms with Gasteiger partial charge in [0.25, 0.3) is 0 Å². The van der Waals surface area contributed by atoms with Gasteiger partial charge in [-0.05, 0) is 5.92 Å². The van der Waals surface area contributed by atoms with Crippen molar-refractivity contribution in [2.75, 3.05) is 6.54 Å². The monoisotopic (exact) mass is 113 g/mol. The van der Waals surface area contributed by atoms with Crippen molar-refractivity contribution in [3.8, 4) is 0 Å². The van der Waals surface area contributed by atoms with Gasteiger partial charge < -0.3 is 5.32 Å². The van der Waals surface area contributed by atoms with Crippen molar-refractivity contribution in [3.05, 3.63) is 0 Å². The van der Waals surface area contributed by atoms with Gasteiger partial charge in [0.1, 0.15) is 0 Å². The molecule has 1 N–H and O–H groups in total. The topological polar surface area (TPSA) is 29.1 Å². The molecule has 2 nitrogen and oxygen atoms in total. The Hall–Kier alpha value is -0.530. The minimum absolute atomic E-state index is 0.206. The molecule has 1 fully saturated rings. The lowest BCUT2D eigenvalue weighted by Crippen LogP contribution is -2.16. The van der Waals surface area contributed by atoms with Gasteiger partial charge >= 0.3 is 0 Å². The number of hydrogen-bond donors (Lipinski definition) is 1. The van der Waals surface area contributed by atoms with Crippen LogP contribution in [-0.2, 0) is 4.79 Å². The van der Waals surface area contributed by atoms with Gasteiger partial charge in [0.2, 0.25) is 5.91 Å². The van der Waals surface area contributed by atoms with E-state index >= 15 is 0 Å². The molecule has 1 aliphatic heterocycles. The second-order valence-corrected chi connectivity index (χ2v) is 2.51. The van der Waals surface area contributed by atoms with Crippen molar-refractivity contribution >= 4 is 5.91 Å². The van der Waals surface area contributed by atoms with Crippen molar-refractivity contribution in [1.29, 1.82) is 0 Å². The Labute approximate surface area is 49.3 Å². The van der Waals surface area contributed by atoms with Crippen LogP contribution in [0.5, 0.6) is 0 Å². The van der Waals surface area contributed by atoms with Crippen molar-refractivity contribution in [1.82, 2.24) is 5.32 Å². The summed E-state index contributed by atoms with van der Waals surface area (Å²) >= 11 is 0. The maximum Gasteiger partial charge on any atom is 0.223 e. The molecule has 0 aromatic rings. The summed E-state index contributed by atoms with van der Waals surface area (Å²) in [5.41, 5.74) is 0. The van der Waals surface area contributed by atoms with Crippen LogP contribution >= 0.6 is 0 Å². The van der Waals surface area contributed by atoms with Crippen LogP contribution < -0.4 is 5.32 Å². The highest BCUT2D eigenvalue weighted by Gasteiger charge is 2.26. The van der Waals surface area contributed by atoms with E-state index in [4.69, 9.17) is 0 Å². The van der Waals surface area contributed by atoms with Gasteiger partial charge in [0, 0.05) is 12.5 Å². The van der Waals surface area contributed by atoms with E-state index in [-0.39, 0.29) is 11.8 Å². The third-order valence-electron chi connectivity index (χ3n) is 1.87. The second-order valence-electron chi connectivity index (χ2n) is 2.51. The summed E-state index contributed by atoms with van der Waals surface area (Å²) in [5.74, 6) is 0.968. The normalized spacial score (nSPS) is 37.5. The highest BCUT2D eigenvalue weighted by molar-refractivity contribution is 5.80. The molecule has 8 heavy (non-hydrogen) atoms. The summed E-state index contributed by atoms with van der Waals surface area (Å²) in [6.07, 6.45) is 0. The summed E-state index contributed by atoms with van der Waals surface area (Å²) in [5, 5.41) is 2.78. The molecule has 0 aromatic carbocycles. The summed E-state index contributed by atoms with van der Waals surface area (Å²) < 4.78 is 0. The maximum atomic E-state index is 10.7. The fourth-order valence-corrected chi connectivity index (χ4v) is 0.858. The maximum absolute atomic E-state index is 10.7. The van der Waals surface area contributed by atoms with E-state index in [2.05, 4.69) is 12.2 Å². The molecule has 0 aliphatic carbocycles. The Morgan fingerprint density at radius 2 is 2.25 bits per heavy atom. The Bertz CT molecular complexity index is 111. The molecule has 2 unspecified atom stereocenters. The molecule has 1 aliphatic rings. The summed E-state index contributed by atoms with van der Waals surface area (Å²) in [7, 11) is 0. The van der Waals surface area contributed by atoms with Crippen LogP contribution in [0.25, 0.3) is 0 Å². The third kappa shape index (κ3) is 0.703. The number of carbonyl (C=O) groups excluding carboxylic acids is 1. The Morgan fingerprint density at radius 3 is 2.38 bits per heavy atom. The van der Waals surface area contributed by atoms with E-state index < -0.39 is 0 Å². The lowest BCUT2D eigenvalue weighted by atomic mass is 10.0. The fourth-order valence-electron chi connectivity index (χ4n) is 0.858. The Morgan fingerprint density at radius 1 is 1.62 bits per heavy atom. The van der Waals surface area contributed by atoms with E-state index in [0.717, 1.165) is 6.54 Å². The first kappa shape index (κ1) is 5.60. The van der Waals surface area contributed by atoms with Crippen molar-refractivity contribution in [3.63, 3.8) is 0 Å². The first-order chi connectivity index (χ1) is 3.72. The largest absolute Gasteiger partial charge is 0.356 e. The zero-order valence-corrected chi connectivity index (χ0v) is 5.27. The SMILES string of the molecule is CC1CNC(=O)C1C. The van der Waals surface area contributed by atoms with Crippen LogP contribution in [-0.4, -0.2) is 12.5 Å². The molecule has 2 atom stereocenters. The predicted octanol–water partition coefficient (Wildman–Crippen LogP) is 0.388. The lowest BCUT2D eigenvalue weighted by Gasteiger charge is -2.00. The number of hydrogen-bond acceptors (Lipinski definition) is 1. The van der Waals surface area contributed by atoms with Gasteiger partial charge in [-0.25, -0.2) is 0 Å². The van der Waals surface area contributed by atoms with E-state index in [9.17, 15) is 4.79 Å². The van der Waals surface area contributed by atoms with Gasteiger partial charge in [-0.1, -0.05) is 13.8 Å². The molecule has 1 amide bonds. The highest BCUT2D eigenvalue weighted by Crippen LogP contribution is 2.14. The zero-order valence-electron chi connectivity index (χ0n) is 5.27. The fraction of sp³-hybridized carbons (Fsp3) is 0.833.